The van der Waals surface area contributed by atoms with Gasteiger partial charge in [0.25, 0.3) is 0 Å². The van der Waals surface area contributed by atoms with Crippen LogP contribution in [0.15, 0.2) is 190 Å². The molecule has 284 valence electrons. The summed E-state index contributed by atoms with van der Waals surface area (Å²) >= 11 is 1.05. The van der Waals surface area contributed by atoms with Crippen molar-refractivity contribution in [3.63, 3.8) is 0 Å². The molecule has 0 saturated carbocycles. The van der Waals surface area contributed by atoms with Crippen LogP contribution in [0.5, 0.6) is 0 Å². The first-order valence-corrected chi connectivity index (χ1v) is 23.3. The summed E-state index contributed by atoms with van der Waals surface area (Å²) in [6.07, 6.45) is 36.0. The summed E-state index contributed by atoms with van der Waals surface area (Å²) in [5.41, 5.74) is 11.5. The fraction of sp³-hybridized carbons (Fsp3) is 0.346. The predicted molar refractivity (Wildman–Crippen MR) is 243 cm³/mol. The van der Waals surface area contributed by atoms with Gasteiger partial charge in [0.1, 0.15) is 0 Å². The number of hydrogen-bond donors (Lipinski definition) is 0. The van der Waals surface area contributed by atoms with Crippen LogP contribution in [0.3, 0.4) is 0 Å². The molecule has 2 aliphatic carbocycles. The first kappa shape index (κ1) is 43.3. The second kappa shape index (κ2) is 21.1. The minimum atomic E-state index is 0.204. The van der Waals surface area contributed by atoms with Gasteiger partial charge < -0.3 is 0 Å². The van der Waals surface area contributed by atoms with Crippen molar-refractivity contribution in [1.29, 1.82) is 0 Å². The molecule has 2 aromatic carbocycles. The molecule has 0 bridgehead atoms. The maximum atomic E-state index is 2.42. The Kier molecular flexibility index (Phi) is 16.9. The van der Waals surface area contributed by atoms with E-state index < -0.39 is 0 Å². The Morgan fingerprint density at radius 3 is 1.19 bits per heavy atom. The number of benzene rings is 2. The van der Waals surface area contributed by atoms with Crippen LogP contribution in [-0.2, 0) is 0 Å². The van der Waals surface area contributed by atoms with E-state index in [1.807, 2.05) is 0 Å². The Morgan fingerprint density at radius 2 is 0.833 bits per heavy atom. The summed E-state index contributed by atoms with van der Waals surface area (Å²) in [6.45, 7) is 23.1. The van der Waals surface area contributed by atoms with E-state index in [0.29, 0.717) is 29.9 Å². The average molecular weight is 847 g/mol. The van der Waals surface area contributed by atoms with Crippen molar-refractivity contribution in [2.45, 2.75) is 105 Å². The standard InChI is InChI=1S/C52H64Se2/c1-39(23-19-25-41(3)31-33-49-43(5)35-47(37-51(49,7)8)53-45-27-13-11-14-28-45)21-17-18-22-40(2)24-20-26-42(4)32-34-50-44(6)36-48(38-52(50,9)10)54-46-29-15-12-16-30-46/h11-34,47-48H,35-38H2,1-10H3/b18-17+,23-19+,24-20+,33-31+,34-32+,39-21+,40-22+,41-25+,42-26+/t47-,48-/m0/s1. The van der Waals surface area contributed by atoms with E-state index in [2.05, 4.69) is 215 Å². The fourth-order valence-corrected chi connectivity index (χ4v) is 14.0. The summed E-state index contributed by atoms with van der Waals surface area (Å²) < 4.78 is 3.04. The van der Waals surface area contributed by atoms with Gasteiger partial charge in [0.2, 0.25) is 0 Å². The molecule has 2 aromatic rings. The first-order valence-electron chi connectivity index (χ1n) is 19.6. The molecular formula is C52H64Se2. The van der Waals surface area contributed by atoms with Crippen molar-refractivity contribution in [3.8, 4) is 0 Å². The van der Waals surface area contributed by atoms with E-state index in [4.69, 9.17) is 0 Å². The monoisotopic (exact) mass is 848 g/mol. The van der Waals surface area contributed by atoms with Crippen LogP contribution in [0.4, 0.5) is 0 Å². The molecule has 4 rings (SSSR count). The second-order valence-corrected chi connectivity index (χ2v) is 22.3. The first-order chi connectivity index (χ1) is 25.7. The normalized spacial score (nSPS) is 22.0. The van der Waals surface area contributed by atoms with Gasteiger partial charge in [-0.05, 0) is 0 Å². The van der Waals surface area contributed by atoms with Crippen LogP contribution >= 0.6 is 0 Å². The Morgan fingerprint density at radius 1 is 0.500 bits per heavy atom. The van der Waals surface area contributed by atoms with Gasteiger partial charge in [-0.2, -0.15) is 0 Å². The zero-order chi connectivity index (χ0) is 39.1. The predicted octanol–water partition coefficient (Wildman–Crippen LogP) is 13.5. The van der Waals surface area contributed by atoms with Gasteiger partial charge >= 0.3 is 332 Å². The molecule has 0 unspecified atom stereocenters. The van der Waals surface area contributed by atoms with Crippen LogP contribution in [0.2, 0.25) is 9.63 Å². The fourth-order valence-electron chi connectivity index (χ4n) is 7.62. The number of allylic oxidation sites excluding steroid dienone is 22. The van der Waals surface area contributed by atoms with E-state index in [0.717, 1.165) is 9.63 Å². The summed E-state index contributed by atoms with van der Waals surface area (Å²) in [7, 11) is 0. The van der Waals surface area contributed by atoms with Gasteiger partial charge in [-0.15, -0.1) is 0 Å². The topological polar surface area (TPSA) is 0 Å². The number of hydrogen-bond acceptors (Lipinski definition) is 0. The Hall–Kier alpha value is -3.38. The molecule has 0 amide bonds. The molecule has 0 fully saturated rings. The molecule has 2 heteroatoms. The van der Waals surface area contributed by atoms with Crippen molar-refractivity contribution < 1.29 is 0 Å². The van der Waals surface area contributed by atoms with E-state index in [1.165, 1.54) is 68.0 Å². The van der Waals surface area contributed by atoms with Gasteiger partial charge in [0.05, 0.1) is 0 Å². The third-order valence-electron chi connectivity index (χ3n) is 10.3. The van der Waals surface area contributed by atoms with E-state index in [-0.39, 0.29) is 10.8 Å². The Bertz CT molecular complexity index is 1750. The van der Waals surface area contributed by atoms with Crippen LogP contribution in [0.1, 0.15) is 94.9 Å². The number of rotatable bonds is 14. The second-order valence-electron chi connectivity index (χ2n) is 16.5. The Balaban J connectivity index is 1.25. The van der Waals surface area contributed by atoms with E-state index >= 15 is 0 Å². The van der Waals surface area contributed by atoms with Crippen LogP contribution in [0, 0.1) is 10.8 Å². The van der Waals surface area contributed by atoms with Gasteiger partial charge in [-0.25, -0.2) is 0 Å². The van der Waals surface area contributed by atoms with Gasteiger partial charge in [-0.1, -0.05) is 12.2 Å². The van der Waals surface area contributed by atoms with Crippen molar-refractivity contribution in [2.24, 2.45) is 10.8 Å². The minimum absolute atomic E-state index is 0.204. The van der Waals surface area contributed by atoms with Gasteiger partial charge in [0.15, 0.2) is 0 Å². The van der Waals surface area contributed by atoms with Crippen LogP contribution < -0.4 is 8.92 Å². The molecule has 0 N–H and O–H groups in total. The van der Waals surface area contributed by atoms with Gasteiger partial charge in [0, 0.05) is 0 Å². The zero-order valence-electron chi connectivity index (χ0n) is 34.7. The van der Waals surface area contributed by atoms with Gasteiger partial charge in [-0.3, -0.25) is 0 Å². The third-order valence-corrected chi connectivity index (χ3v) is 15.4. The Labute approximate surface area is 342 Å². The van der Waals surface area contributed by atoms with Crippen molar-refractivity contribution in [1.82, 2.24) is 0 Å². The molecule has 0 saturated heterocycles. The molecule has 0 aromatic heterocycles. The molecule has 2 atom stereocenters. The molecule has 0 nitrogen and oxygen atoms in total. The van der Waals surface area contributed by atoms with E-state index in [1.54, 1.807) is 11.1 Å². The molecule has 0 heterocycles. The molecule has 0 radical (unpaired) electrons. The summed E-state index contributed by atoms with van der Waals surface area (Å²) in [6, 6.07) is 22.1. The maximum absolute atomic E-state index is 2.42. The molecule has 0 spiro atoms. The van der Waals surface area contributed by atoms with Crippen molar-refractivity contribution in [3.05, 3.63) is 190 Å². The molecule has 54 heavy (non-hydrogen) atoms. The van der Waals surface area contributed by atoms with Crippen LogP contribution in [-0.4, -0.2) is 29.9 Å². The van der Waals surface area contributed by atoms with Crippen LogP contribution in [0.25, 0.3) is 0 Å². The molecular weight excluding hydrogens is 782 g/mol. The SMILES string of the molecule is CC1=C(/C=C/C(C)=C/C=C/C(C)=C/C=C/C=C(C)/C=C/C=C(C)/C=C/C2=C(C)C[C@H]([Se]c3ccccc3)CC2(C)C)C(C)(C)C[C@@H]([Se]c2ccccc2)C1. The molecule has 0 aliphatic heterocycles. The quantitative estimate of drug-likeness (QED) is 0.131. The third kappa shape index (κ3) is 14.4. The van der Waals surface area contributed by atoms with Crippen molar-refractivity contribution >= 4 is 38.8 Å². The van der Waals surface area contributed by atoms with Crippen molar-refractivity contribution in [2.75, 3.05) is 0 Å². The average Bonchev–Trinajstić information content (AvgIpc) is 3.09. The van der Waals surface area contributed by atoms with E-state index in [9.17, 15) is 0 Å². The zero-order valence-corrected chi connectivity index (χ0v) is 38.1. The summed E-state index contributed by atoms with van der Waals surface area (Å²) in [5, 5.41) is 0. The summed E-state index contributed by atoms with van der Waals surface area (Å²) in [5.74, 6) is 0. The summed E-state index contributed by atoms with van der Waals surface area (Å²) in [4.78, 5) is 1.54. The molecule has 2 aliphatic rings.